The summed E-state index contributed by atoms with van der Waals surface area (Å²) in [6.07, 6.45) is -3.76. The molecule has 1 spiro atoms. The molecule has 0 saturated carbocycles. The second kappa shape index (κ2) is 9.81. The summed E-state index contributed by atoms with van der Waals surface area (Å²) >= 11 is 0. The highest BCUT2D eigenvalue weighted by molar-refractivity contribution is 5.93. The summed E-state index contributed by atoms with van der Waals surface area (Å²) in [4.78, 5) is 28.0. The van der Waals surface area contributed by atoms with Crippen LogP contribution in [-0.2, 0) is 16.1 Å². The Balaban J connectivity index is 1.60. The number of hydrogen-bond donors (Lipinski definition) is 3. The molecule has 2 amide bonds. The van der Waals surface area contributed by atoms with Gasteiger partial charge in [0.2, 0.25) is 11.8 Å². The molecule has 2 aliphatic rings. The lowest BCUT2D eigenvalue weighted by Crippen LogP contribution is -2.66. The number of carbonyl (C=O) groups is 2. The van der Waals surface area contributed by atoms with Gasteiger partial charge in [0.25, 0.3) is 0 Å². The number of hydrogen-bond acceptors (Lipinski definition) is 5. The lowest BCUT2D eigenvalue weighted by molar-refractivity contribution is -0.223. The molecule has 0 aromatic heterocycles. The van der Waals surface area contributed by atoms with E-state index in [2.05, 4.69) is 5.32 Å². The standard InChI is InChI=1S/C23H29F5N4O3/c1-21(2,23(26,27)28)20(35)32-12-22(13-32)11-31(9-16(22)10-33)19(34)15(6-29)8-30-7-14-3-17(24)5-18(25)4-14/h3-6,15-16,29-30,33H,7-13H2,1-2H3/t15?,16-/m0/s1. The van der Waals surface area contributed by atoms with E-state index in [0.717, 1.165) is 43.2 Å². The van der Waals surface area contributed by atoms with Crippen LogP contribution in [0.1, 0.15) is 19.4 Å². The topological polar surface area (TPSA) is 96.7 Å². The van der Waals surface area contributed by atoms with E-state index in [1.165, 1.54) is 4.90 Å². The normalized spacial score (nSPS) is 20.6. The summed E-state index contributed by atoms with van der Waals surface area (Å²) < 4.78 is 66.4. The fraction of sp³-hybridized carbons (Fsp3) is 0.609. The average Bonchev–Trinajstić information content (AvgIpc) is 3.13. The first-order chi connectivity index (χ1) is 16.2. The van der Waals surface area contributed by atoms with E-state index in [9.17, 15) is 36.6 Å². The molecule has 2 atom stereocenters. The fourth-order valence-corrected chi connectivity index (χ4v) is 4.72. The molecule has 7 nitrogen and oxygen atoms in total. The van der Waals surface area contributed by atoms with Crippen molar-refractivity contribution >= 4 is 18.0 Å². The van der Waals surface area contributed by atoms with Crippen molar-refractivity contribution in [3.8, 4) is 0 Å². The van der Waals surface area contributed by atoms with Crippen LogP contribution in [0.2, 0.25) is 0 Å². The molecule has 3 rings (SSSR count). The molecule has 35 heavy (non-hydrogen) atoms. The van der Waals surface area contributed by atoms with E-state index in [-0.39, 0.29) is 45.9 Å². The predicted molar refractivity (Wildman–Crippen MR) is 116 cm³/mol. The van der Waals surface area contributed by atoms with Crippen molar-refractivity contribution in [2.75, 3.05) is 39.3 Å². The minimum absolute atomic E-state index is 0.00100. The second-order valence-corrected chi connectivity index (χ2v) is 9.93. The highest BCUT2D eigenvalue weighted by atomic mass is 19.4. The Labute approximate surface area is 199 Å². The largest absolute Gasteiger partial charge is 0.402 e. The van der Waals surface area contributed by atoms with Gasteiger partial charge in [-0.05, 0) is 31.5 Å². The van der Waals surface area contributed by atoms with E-state index >= 15 is 0 Å². The predicted octanol–water partition coefficient (Wildman–Crippen LogP) is 2.19. The molecule has 1 aromatic rings. The number of aliphatic hydroxyl groups is 1. The Morgan fingerprint density at radius 2 is 1.74 bits per heavy atom. The van der Waals surface area contributed by atoms with Gasteiger partial charge in [-0.2, -0.15) is 13.2 Å². The highest BCUT2D eigenvalue weighted by Gasteiger charge is 2.61. The number of aliphatic hydroxyl groups excluding tert-OH is 1. The summed E-state index contributed by atoms with van der Waals surface area (Å²) in [5, 5.41) is 20.4. The summed E-state index contributed by atoms with van der Waals surface area (Å²) in [6.45, 7) is 1.75. The SMILES string of the molecule is CC(C)(C(=O)N1CC2(CN(C(=O)C(C=N)CNCc3cc(F)cc(F)c3)C[C@H]2CO)C1)C(F)(F)F. The zero-order valence-corrected chi connectivity index (χ0v) is 19.5. The Bertz CT molecular complexity index is 958. The lowest BCUT2D eigenvalue weighted by Gasteiger charge is -2.52. The van der Waals surface area contributed by atoms with Crippen LogP contribution in [0.15, 0.2) is 18.2 Å². The number of carbonyl (C=O) groups excluding carboxylic acids is 2. The Morgan fingerprint density at radius 3 is 2.26 bits per heavy atom. The minimum atomic E-state index is -4.71. The molecule has 2 aliphatic heterocycles. The van der Waals surface area contributed by atoms with Crippen LogP contribution >= 0.6 is 0 Å². The number of nitrogens with zero attached hydrogens (tertiary/aromatic N) is 2. The molecule has 2 saturated heterocycles. The number of halogens is 5. The van der Waals surface area contributed by atoms with Crippen molar-refractivity contribution in [3.63, 3.8) is 0 Å². The van der Waals surface area contributed by atoms with Crippen molar-refractivity contribution < 1.29 is 36.6 Å². The third kappa shape index (κ3) is 5.32. The third-order valence-electron chi connectivity index (χ3n) is 7.02. The van der Waals surface area contributed by atoms with Crippen LogP contribution < -0.4 is 5.32 Å². The molecule has 2 heterocycles. The Morgan fingerprint density at radius 1 is 1.17 bits per heavy atom. The molecule has 0 radical (unpaired) electrons. The molecule has 2 fully saturated rings. The van der Waals surface area contributed by atoms with Gasteiger partial charge in [0.05, 0.1) is 5.92 Å². The van der Waals surface area contributed by atoms with Crippen molar-refractivity contribution in [2.24, 2.45) is 22.7 Å². The van der Waals surface area contributed by atoms with Gasteiger partial charge in [-0.1, -0.05) is 0 Å². The first kappa shape index (κ1) is 27.0. The maximum atomic E-state index is 13.3. The molecule has 0 aliphatic carbocycles. The van der Waals surface area contributed by atoms with Crippen LogP contribution in [0.4, 0.5) is 22.0 Å². The van der Waals surface area contributed by atoms with Crippen molar-refractivity contribution in [1.82, 2.24) is 15.1 Å². The number of likely N-dealkylation sites (tertiary alicyclic amines) is 2. The summed E-state index contributed by atoms with van der Waals surface area (Å²) in [7, 11) is 0. The number of alkyl halides is 3. The Hall–Kier alpha value is -2.60. The summed E-state index contributed by atoms with van der Waals surface area (Å²) in [6, 6.07) is 3.04. The highest BCUT2D eigenvalue weighted by Crippen LogP contribution is 2.47. The van der Waals surface area contributed by atoms with Gasteiger partial charge < -0.3 is 25.6 Å². The van der Waals surface area contributed by atoms with Gasteiger partial charge >= 0.3 is 6.18 Å². The van der Waals surface area contributed by atoms with Gasteiger partial charge in [-0.15, -0.1) is 0 Å². The molecular formula is C23H29F5N4O3. The molecular weight excluding hydrogens is 475 g/mol. The van der Waals surface area contributed by atoms with Gasteiger partial charge in [0.15, 0.2) is 0 Å². The molecule has 1 unspecified atom stereocenters. The molecule has 194 valence electrons. The molecule has 1 aromatic carbocycles. The van der Waals surface area contributed by atoms with Crippen molar-refractivity contribution in [1.29, 1.82) is 5.41 Å². The van der Waals surface area contributed by atoms with Gasteiger partial charge in [0.1, 0.15) is 17.0 Å². The first-order valence-corrected chi connectivity index (χ1v) is 11.2. The van der Waals surface area contributed by atoms with E-state index < -0.39 is 52.3 Å². The minimum Gasteiger partial charge on any atom is -0.396 e. The van der Waals surface area contributed by atoms with Crippen molar-refractivity contribution in [2.45, 2.75) is 26.6 Å². The quantitative estimate of drug-likeness (QED) is 0.374. The van der Waals surface area contributed by atoms with Gasteiger partial charge in [0, 0.05) is 69.5 Å². The maximum absolute atomic E-state index is 13.3. The van der Waals surface area contributed by atoms with Crippen molar-refractivity contribution in [3.05, 3.63) is 35.4 Å². The fourth-order valence-electron chi connectivity index (χ4n) is 4.72. The average molecular weight is 505 g/mol. The number of rotatable bonds is 8. The van der Waals surface area contributed by atoms with Crippen LogP contribution in [0.25, 0.3) is 0 Å². The maximum Gasteiger partial charge on any atom is 0.402 e. The molecule has 3 N–H and O–H groups in total. The second-order valence-electron chi connectivity index (χ2n) is 9.93. The van der Waals surface area contributed by atoms with Crippen LogP contribution in [0.5, 0.6) is 0 Å². The van der Waals surface area contributed by atoms with E-state index in [4.69, 9.17) is 5.41 Å². The molecule has 12 heteroatoms. The third-order valence-corrected chi connectivity index (χ3v) is 7.02. The molecule has 0 bridgehead atoms. The Kier molecular flexibility index (Phi) is 7.56. The van der Waals surface area contributed by atoms with E-state index in [1.54, 1.807) is 0 Å². The van der Waals surface area contributed by atoms with Gasteiger partial charge in [-0.25, -0.2) is 8.78 Å². The number of benzene rings is 1. The summed E-state index contributed by atoms with van der Waals surface area (Å²) in [5.41, 5.74) is -2.92. The number of amides is 2. The first-order valence-electron chi connectivity index (χ1n) is 11.2. The van der Waals surface area contributed by atoms with Crippen LogP contribution in [-0.4, -0.2) is 78.4 Å². The van der Waals surface area contributed by atoms with Crippen LogP contribution in [0.3, 0.4) is 0 Å². The monoisotopic (exact) mass is 504 g/mol. The zero-order chi connectivity index (χ0) is 26.2. The van der Waals surface area contributed by atoms with E-state index in [1.807, 2.05) is 0 Å². The summed E-state index contributed by atoms with van der Waals surface area (Å²) in [5.74, 6) is -4.22. The smallest absolute Gasteiger partial charge is 0.396 e. The van der Waals surface area contributed by atoms with Crippen LogP contribution in [0, 0.1) is 39.7 Å². The zero-order valence-electron chi connectivity index (χ0n) is 19.5. The van der Waals surface area contributed by atoms with E-state index in [0.29, 0.717) is 5.56 Å². The lowest BCUT2D eigenvalue weighted by atomic mass is 9.71. The number of nitrogens with one attached hydrogen (secondary N) is 2. The van der Waals surface area contributed by atoms with Gasteiger partial charge in [-0.3, -0.25) is 9.59 Å².